The molecule has 0 aromatic heterocycles. The first-order chi connectivity index (χ1) is 12.3. The molecule has 5 nitrogen and oxygen atoms in total. The highest BCUT2D eigenvalue weighted by molar-refractivity contribution is 14.0. The Morgan fingerprint density at radius 3 is 2.59 bits per heavy atom. The van der Waals surface area contributed by atoms with Crippen molar-refractivity contribution in [2.24, 2.45) is 4.99 Å². The third-order valence-electron chi connectivity index (χ3n) is 4.04. The summed E-state index contributed by atoms with van der Waals surface area (Å²) < 4.78 is 50.3. The lowest BCUT2D eigenvalue weighted by Crippen LogP contribution is -2.45. The first kappa shape index (κ1) is 23.9. The standard InChI is InChI=1S/C17H24F4N4O.HI/c1-2-22-16(23-9-15(26)12-3-5-13(18)6-4-12)24-14-7-8-25(10-14)11-17(19,20)21;/h3-6,14-15,26H,2,7-11H2,1H3,(H2,22,23,24);1H. The van der Waals surface area contributed by atoms with Gasteiger partial charge in [-0.2, -0.15) is 13.2 Å². The molecule has 0 saturated carbocycles. The fourth-order valence-corrected chi connectivity index (χ4v) is 2.83. The average Bonchev–Trinajstić information content (AvgIpc) is 2.98. The van der Waals surface area contributed by atoms with Crippen LogP contribution in [0.15, 0.2) is 29.3 Å². The maximum absolute atomic E-state index is 12.9. The lowest BCUT2D eigenvalue weighted by atomic mass is 10.1. The van der Waals surface area contributed by atoms with Gasteiger partial charge in [0.25, 0.3) is 0 Å². The first-order valence-electron chi connectivity index (χ1n) is 8.54. The fraction of sp³-hybridized carbons (Fsp3) is 0.588. The Hall–Kier alpha value is -1.14. The quantitative estimate of drug-likeness (QED) is 0.242. The van der Waals surface area contributed by atoms with Crippen LogP contribution in [0, 0.1) is 5.82 Å². The number of rotatable bonds is 6. The van der Waals surface area contributed by atoms with Gasteiger partial charge in [-0.15, -0.1) is 24.0 Å². The second kappa shape index (κ2) is 11.0. The molecule has 27 heavy (non-hydrogen) atoms. The lowest BCUT2D eigenvalue weighted by Gasteiger charge is -2.20. The summed E-state index contributed by atoms with van der Waals surface area (Å²) in [5, 5.41) is 16.3. The molecule has 1 aliphatic heterocycles. The van der Waals surface area contributed by atoms with Crippen molar-refractivity contribution >= 4 is 29.9 Å². The number of hydrogen-bond acceptors (Lipinski definition) is 3. The number of guanidine groups is 1. The molecule has 10 heteroatoms. The van der Waals surface area contributed by atoms with Gasteiger partial charge in [0.2, 0.25) is 0 Å². The van der Waals surface area contributed by atoms with E-state index >= 15 is 0 Å². The molecule has 1 aromatic rings. The van der Waals surface area contributed by atoms with Gasteiger partial charge in [0.1, 0.15) is 5.82 Å². The zero-order valence-electron chi connectivity index (χ0n) is 15.0. The maximum Gasteiger partial charge on any atom is 0.401 e. The molecule has 1 aliphatic rings. The van der Waals surface area contributed by atoms with Crippen LogP contribution in [0.3, 0.4) is 0 Å². The van der Waals surface area contributed by atoms with Crippen LogP contribution in [0.2, 0.25) is 0 Å². The Morgan fingerprint density at radius 2 is 2.00 bits per heavy atom. The van der Waals surface area contributed by atoms with Crippen LogP contribution in [-0.2, 0) is 0 Å². The van der Waals surface area contributed by atoms with Crippen LogP contribution in [0.25, 0.3) is 0 Å². The highest BCUT2D eigenvalue weighted by Gasteiger charge is 2.34. The zero-order valence-corrected chi connectivity index (χ0v) is 17.3. The number of aliphatic imine (C=N–C) groups is 1. The van der Waals surface area contributed by atoms with E-state index in [1.807, 2.05) is 6.92 Å². The third-order valence-corrected chi connectivity index (χ3v) is 4.04. The van der Waals surface area contributed by atoms with Crippen LogP contribution in [-0.4, -0.2) is 60.9 Å². The Bertz CT molecular complexity index is 598. The molecular formula is C17H25F4IN4O. The van der Waals surface area contributed by atoms with E-state index in [4.69, 9.17) is 0 Å². The van der Waals surface area contributed by atoms with Gasteiger partial charge in [0.05, 0.1) is 19.2 Å². The normalized spacial score (nSPS) is 19.5. The second-order valence-corrected chi connectivity index (χ2v) is 6.27. The van der Waals surface area contributed by atoms with Crippen molar-refractivity contribution in [3.8, 4) is 0 Å². The molecule has 154 valence electrons. The number of hydrogen-bond donors (Lipinski definition) is 3. The highest BCUT2D eigenvalue weighted by atomic mass is 127. The van der Waals surface area contributed by atoms with Gasteiger partial charge in [0, 0.05) is 25.7 Å². The molecule has 1 heterocycles. The van der Waals surface area contributed by atoms with E-state index in [9.17, 15) is 22.7 Å². The number of alkyl halides is 3. The fourth-order valence-electron chi connectivity index (χ4n) is 2.83. The van der Waals surface area contributed by atoms with Crippen molar-refractivity contribution in [3.05, 3.63) is 35.6 Å². The largest absolute Gasteiger partial charge is 0.401 e. The summed E-state index contributed by atoms with van der Waals surface area (Å²) in [4.78, 5) is 5.64. The molecule has 0 bridgehead atoms. The van der Waals surface area contributed by atoms with Gasteiger partial charge in [-0.05, 0) is 31.0 Å². The van der Waals surface area contributed by atoms with E-state index in [1.54, 1.807) is 0 Å². The molecule has 1 aromatic carbocycles. The Labute approximate surface area is 173 Å². The van der Waals surface area contributed by atoms with E-state index in [1.165, 1.54) is 29.2 Å². The van der Waals surface area contributed by atoms with Crippen molar-refractivity contribution in [1.29, 1.82) is 0 Å². The molecule has 2 rings (SSSR count). The van der Waals surface area contributed by atoms with Gasteiger partial charge in [-0.25, -0.2) is 4.39 Å². The lowest BCUT2D eigenvalue weighted by molar-refractivity contribution is -0.143. The van der Waals surface area contributed by atoms with Crippen LogP contribution < -0.4 is 10.6 Å². The van der Waals surface area contributed by atoms with Crippen LogP contribution in [0.1, 0.15) is 25.0 Å². The Morgan fingerprint density at radius 1 is 1.33 bits per heavy atom. The van der Waals surface area contributed by atoms with Crippen molar-refractivity contribution in [3.63, 3.8) is 0 Å². The van der Waals surface area contributed by atoms with Crippen molar-refractivity contribution in [2.75, 3.05) is 32.7 Å². The van der Waals surface area contributed by atoms with Gasteiger partial charge >= 0.3 is 6.18 Å². The Balaban J connectivity index is 0.00000364. The van der Waals surface area contributed by atoms with Crippen molar-refractivity contribution in [1.82, 2.24) is 15.5 Å². The van der Waals surface area contributed by atoms with Gasteiger partial charge < -0.3 is 15.7 Å². The SMILES string of the molecule is CCNC(=NCC(O)c1ccc(F)cc1)NC1CCN(CC(F)(F)F)C1.I. The number of benzene rings is 1. The third kappa shape index (κ3) is 8.60. The predicted molar refractivity (Wildman–Crippen MR) is 107 cm³/mol. The van der Waals surface area contributed by atoms with Crippen LogP contribution in [0.5, 0.6) is 0 Å². The average molecular weight is 504 g/mol. The monoisotopic (exact) mass is 504 g/mol. The summed E-state index contributed by atoms with van der Waals surface area (Å²) in [6, 6.07) is 5.36. The number of nitrogens with one attached hydrogen (secondary N) is 2. The van der Waals surface area contributed by atoms with E-state index < -0.39 is 18.8 Å². The molecule has 0 radical (unpaired) electrons. The zero-order chi connectivity index (χ0) is 19.2. The number of halogens is 5. The van der Waals surface area contributed by atoms with Gasteiger partial charge in [-0.1, -0.05) is 12.1 Å². The van der Waals surface area contributed by atoms with Crippen molar-refractivity contribution in [2.45, 2.75) is 31.7 Å². The number of aliphatic hydroxyl groups excluding tert-OH is 1. The molecule has 3 N–H and O–H groups in total. The highest BCUT2D eigenvalue weighted by Crippen LogP contribution is 2.20. The summed E-state index contributed by atoms with van der Waals surface area (Å²) in [5.41, 5.74) is 0.545. The van der Waals surface area contributed by atoms with Crippen LogP contribution in [0.4, 0.5) is 17.6 Å². The predicted octanol–water partition coefficient (Wildman–Crippen LogP) is 2.67. The smallest absolute Gasteiger partial charge is 0.386 e. The Kier molecular flexibility index (Phi) is 9.74. The minimum atomic E-state index is -4.20. The first-order valence-corrected chi connectivity index (χ1v) is 8.54. The maximum atomic E-state index is 12.9. The molecular weight excluding hydrogens is 479 g/mol. The molecule has 1 fully saturated rings. The minimum absolute atomic E-state index is 0. The molecule has 2 unspecified atom stereocenters. The molecule has 1 saturated heterocycles. The van der Waals surface area contributed by atoms with Crippen LogP contribution >= 0.6 is 24.0 Å². The number of nitrogens with zero attached hydrogens (tertiary/aromatic N) is 2. The molecule has 2 atom stereocenters. The molecule has 0 amide bonds. The summed E-state index contributed by atoms with van der Waals surface area (Å²) in [6.45, 7) is 2.25. The minimum Gasteiger partial charge on any atom is -0.386 e. The van der Waals surface area contributed by atoms with E-state index in [0.717, 1.165) is 0 Å². The molecule has 0 spiro atoms. The van der Waals surface area contributed by atoms with E-state index in [2.05, 4.69) is 15.6 Å². The summed E-state index contributed by atoms with van der Waals surface area (Å²) in [6.07, 6.45) is -4.51. The van der Waals surface area contributed by atoms with Gasteiger partial charge in [-0.3, -0.25) is 9.89 Å². The summed E-state index contributed by atoms with van der Waals surface area (Å²) in [5.74, 6) is 0.0524. The van der Waals surface area contributed by atoms with Gasteiger partial charge in [0.15, 0.2) is 5.96 Å². The van der Waals surface area contributed by atoms with E-state index in [0.29, 0.717) is 31.0 Å². The number of likely N-dealkylation sites (tertiary alicyclic amines) is 1. The van der Waals surface area contributed by atoms with Crippen molar-refractivity contribution < 1.29 is 22.7 Å². The summed E-state index contributed by atoms with van der Waals surface area (Å²) in [7, 11) is 0. The second-order valence-electron chi connectivity index (χ2n) is 6.27. The molecule has 0 aliphatic carbocycles. The number of aliphatic hydroxyl groups is 1. The van der Waals surface area contributed by atoms with E-state index in [-0.39, 0.29) is 48.9 Å². The summed E-state index contributed by atoms with van der Waals surface area (Å²) >= 11 is 0. The topological polar surface area (TPSA) is 59.9 Å².